The normalized spacial score (nSPS) is 12.7. The Balaban J connectivity index is 3.90. The number of phosphoric ester groups is 1. The molecule has 54 heavy (non-hydrogen) atoms. The lowest BCUT2D eigenvalue weighted by atomic mass is 10.0. The first-order valence-electron chi connectivity index (χ1n) is 22.3. The number of hydrogen-bond acceptors (Lipinski definition) is 6. The van der Waals surface area contributed by atoms with Crippen LogP contribution in [0.1, 0.15) is 219 Å². The first-order chi connectivity index (χ1) is 26.3. The van der Waals surface area contributed by atoms with Crippen LogP contribution in [-0.2, 0) is 28.2 Å². The van der Waals surface area contributed by atoms with Crippen molar-refractivity contribution in [2.24, 2.45) is 0 Å². The van der Waals surface area contributed by atoms with E-state index in [9.17, 15) is 14.2 Å². The Bertz CT molecular complexity index is 973. The molecule has 0 aliphatic carbocycles. The number of phosphoric acid groups is 1. The number of esters is 2. The smallest absolute Gasteiger partial charge is 0.462 e. The van der Waals surface area contributed by atoms with Crippen LogP contribution in [0, 0.1) is 0 Å². The second kappa shape index (κ2) is 40.9. The summed E-state index contributed by atoms with van der Waals surface area (Å²) in [6, 6.07) is 0. The molecule has 1 atom stereocenters. The summed E-state index contributed by atoms with van der Waals surface area (Å²) >= 11 is 0. The van der Waals surface area contributed by atoms with E-state index in [1.54, 1.807) is 0 Å². The zero-order chi connectivity index (χ0) is 39.6. The first-order valence-corrected chi connectivity index (χ1v) is 23.8. The molecule has 0 unspecified atom stereocenters. The number of hydrogen-bond donors (Lipinski definition) is 2. The summed E-state index contributed by atoms with van der Waals surface area (Å²) < 4.78 is 26.4. The molecule has 316 valence electrons. The van der Waals surface area contributed by atoms with Gasteiger partial charge in [-0.2, -0.15) is 0 Å². The van der Waals surface area contributed by atoms with Crippen molar-refractivity contribution in [3.05, 3.63) is 36.5 Å². The molecular weight excluding hydrogens is 699 g/mol. The highest BCUT2D eigenvalue weighted by Crippen LogP contribution is 2.36. The van der Waals surface area contributed by atoms with Gasteiger partial charge in [0.1, 0.15) is 6.61 Å². The van der Waals surface area contributed by atoms with Crippen molar-refractivity contribution in [3.63, 3.8) is 0 Å². The van der Waals surface area contributed by atoms with E-state index >= 15 is 0 Å². The Kier molecular flexibility index (Phi) is 39.6. The van der Waals surface area contributed by atoms with Crippen LogP contribution in [0.2, 0.25) is 0 Å². The minimum atomic E-state index is -4.76. The van der Waals surface area contributed by atoms with Crippen molar-refractivity contribution >= 4 is 19.8 Å². The molecule has 0 aromatic rings. The summed E-state index contributed by atoms with van der Waals surface area (Å²) in [6.45, 7) is 3.66. The Morgan fingerprint density at radius 2 is 0.833 bits per heavy atom. The molecule has 0 radical (unpaired) electrons. The molecule has 0 saturated heterocycles. The molecule has 0 aliphatic heterocycles. The molecule has 0 aromatic heterocycles. The van der Waals surface area contributed by atoms with Crippen LogP contribution < -0.4 is 0 Å². The summed E-state index contributed by atoms with van der Waals surface area (Å²) in [5.74, 6) is -0.918. The van der Waals surface area contributed by atoms with Crippen molar-refractivity contribution in [2.75, 3.05) is 13.2 Å². The van der Waals surface area contributed by atoms with Crippen LogP contribution in [0.15, 0.2) is 36.5 Å². The third kappa shape index (κ3) is 43.0. The van der Waals surface area contributed by atoms with E-state index in [1.165, 1.54) is 135 Å². The predicted octanol–water partition coefficient (Wildman–Crippen LogP) is 13.7. The third-order valence-corrected chi connectivity index (χ3v) is 10.1. The van der Waals surface area contributed by atoms with Crippen molar-refractivity contribution in [2.45, 2.75) is 225 Å². The van der Waals surface area contributed by atoms with E-state index in [0.717, 1.165) is 44.9 Å². The Hall–Kier alpha value is -1.73. The number of ether oxygens (including phenoxy) is 2. The lowest BCUT2D eigenvalue weighted by Gasteiger charge is -2.18. The highest BCUT2D eigenvalue weighted by molar-refractivity contribution is 7.46. The second-order valence-electron chi connectivity index (χ2n) is 15.0. The van der Waals surface area contributed by atoms with Crippen LogP contribution in [0.25, 0.3) is 0 Å². The van der Waals surface area contributed by atoms with Gasteiger partial charge in [0.2, 0.25) is 0 Å². The summed E-state index contributed by atoms with van der Waals surface area (Å²) in [5.41, 5.74) is 0. The fourth-order valence-electron chi connectivity index (χ4n) is 6.28. The average molecular weight is 783 g/mol. The summed E-state index contributed by atoms with van der Waals surface area (Å²) in [6.07, 6.45) is 48.7. The zero-order valence-electron chi connectivity index (χ0n) is 34.9. The maximum Gasteiger partial charge on any atom is 0.469 e. The molecule has 0 heterocycles. The summed E-state index contributed by atoms with van der Waals surface area (Å²) in [5, 5.41) is 0. The van der Waals surface area contributed by atoms with Gasteiger partial charge < -0.3 is 19.3 Å². The van der Waals surface area contributed by atoms with Crippen molar-refractivity contribution < 1.29 is 37.9 Å². The van der Waals surface area contributed by atoms with E-state index in [0.29, 0.717) is 12.8 Å². The third-order valence-electron chi connectivity index (χ3n) is 9.63. The molecule has 0 aliphatic rings. The molecule has 2 N–H and O–H groups in total. The number of unbranched alkanes of at least 4 members (excludes halogenated alkanes) is 25. The number of carbonyl (C=O) groups excluding carboxylic acids is 2. The van der Waals surface area contributed by atoms with Crippen LogP contribution in [0.3, 0.4) is 0 Å². The highest BCUT2D eigenvalue weighted by Gasteiger charge is 2.22. The van der Waals surface area contributed by atoms with Crippen molar-refractivity contribution in [1.29, 1.82) is 0 Å². The molecule has 8 nitrogen and oxygen atoms in total. The monoisotopic (exact) mass is 783 g/mol. The van der Waals surface area contributed by atoms with Gasteiger partial charge in [0.25, 0.3) is 0 Å². The van der Waals surface area contributed by atoms with Gasteiger partial charge in [0.15, 0.2) is 6.10 Å². The van der Waals surface area contributed by atoms with Gasteiger partial charge in [-0.1, -0.05) is 172 Å². The van der Waals surface area contributed by atoms with Crippen molar-refractivity contribution in [3.8, 4) is 0 Å². The van der Waals surface area contributed by atoms with Crippen molar-refractivity contribution in [1.82, 2.24) is 0 Å². The van der Waals surface area contributed by atoms with Gasteiger partial charge >= 0.3 is 19.8 Å². The minimum absolute atomic E-state index is 0.205. The highest BCUT2D eigenvalue weighted by atomic mass is 31.2. The fraction of sp³-hybridized carbons (Fsp3) is 0.822. The molecule has 0 saturated carbocycles. The fourth-order valence-corrected chi connectivity index (χ4v) is 6.64. The minimum Gasteiger partial charge on any atom is -0.462 e. The Morgan fingerprint density at radius 1 is 0.481 bits per heavy atom. The van der Waals surface area contributed by atoms with Gasteiger partial charge in [-0.25, -0.2) is 4.57 Å². The van der Waals surface area contributed by atoms with Crippen LogP contribution in [0.4, 0.5) is 0 Å². The van der Waals surface area contributed by atoms with Crippen LogP contribution >= 0.6 is 7.82 Å². The molecule has 0 bridgehead atoms. The molecule has 0 aromatic carbocycles. The van der Waals surface area contributed by atoms with Gasteiger partial charge in [-0.3, -0.25) is 14.1 Å². The van der Waals surface area contributed by atoms with Gasteiger partial charge in [-0.15, -0.1) is 0 Å². The van der Waals surface area contributed by atoms with Crippen LogP contribution in [0.5, 0.6) is 0 Å². The molecule has 9 heteroatoms. The summed E-state index contributed by atoms with van der Waals surface area (Å²) in [7, 11) is -4.76. The molecule has 0 fully saturated rings. The zero-order valence-corrected chi connectivity index (χ0v) is 35.8. The predicted molar refractivity (Wildman–Crippen MR) is 225 cm³/mol. The molecule has 0 spiro atoms. The lowest BCUT2D eigenvalue weighted by Crippen LogP contribution is -2.29. The van der Waals surface area contributed by atoms with E-state index in [-0.39, 0.29) is 19.4 Å². The van der Waals surface area contributed by atoms with E-state index in [4.69, 9.17) is 19.3 Å². The molecule has 0 rings (SSSR count). The Labute approximate surface area is 332 Å². The number of carbonyl (C=O) groups is 2. The average Bonchev–Trinajstić information content (AvgIpc) is 3.14. The summed E-state index contributed by atoms with van der Waals surface area (Å²) in [4.78, 5) is 42.9. The van der Waals surface area contributed by atoms with E-state index in [1.807, 2.05) is 0 Å². The number of allylic oxidation sites excluding steroid dienone is 6. The number of rotatable bonds is 41. The molecular formula is C45H83O8P. The Morgan fingerprint density at radius 3 is 1.28 bits per heavy atom. The van der Waals surface area contributed by atoms with Gasteiger partial charge in [-0.05, 0) is 70.6 Å². The quantitative estimate of drug-likeness (QED) is 0.0272. The second-order valence-corrected chi connectivity index (χ2v) is 16.3. The topological polar surface area (TPSA) is 119 Å². The van der Waals surface area contributed by atoms with E-state index in [2.05, 4.69) is 54.8 Å². The largest absolute Gasteiger partial charge is 0.469 e. The van der Waals surface area contributed by atoms with E-state index < -0.39 is 32.5 Å². The van der Waals surface area contributed by atoms with Gasteiger partial charge in [0, 0.05) is 12.8 Å². The van der Waals surface area contributed by atoms with Crippen LogP contribution in [-0.4, -0.2) is 41.0 Å². The maximum atomic E-state index is 12.4. The first kappa shape index (κ1) is 52.3. The standard InChI is InChI=1S/C45H83O8P/c1-3-5-7-9-11-13-15-17-19-20-21-22-23-24-26-28-30-32-34-36-38-40-45(47)53-43(42-52-54(48,49)50)41-51-44(46)39-37-35-33-31-29-27-25-18-16-14-12-10-8-6-4-2/h17-19,25,29,31,43H,3-16,20-24,26-28,30,32-42H2,1-2H3,(H2,48,49,50)/b19-17+,25-18+,31-29+/t43-/m1/s1. The van der Waals surface area contributed by atoms with Gasteiger partial charge in [0.05, 0.1) is 6.61 Å². The SMILES string of the molecule is CCCCCCCC/C=C/C/C=C/CCCCC(=O)OC[C@H](COP(=O)(O)O)OC(=O)CCCCCCCCCCCCC/C=C/CCCCCCCC. The maximum absolute atomic E-state index is 12.4. The lowest BCUT2D eigenvalue weighted by molar-refractivity contribution is -0.161. The molecule has 0 amide bonds.